The number of aromatic nitrogens is 2. The van der Waals surface area contributed by atoms with Crippen LogP contribution in [0.2, 0.25) is 5.02 Å². The average molecular weight is 453 g/mol. The van der Waals surface area contributed by atoms with Crippen LogP contribution in [0, 0.1) is 0 Å². The zero-order valence-corrected chi connectivity index (χ0v) is 17.1. The molecule has 0 radical (unpaired) electrons. The van der Waals surface area contributed by atoms with Crippen molar-refractivity contribution in [1.29, 1.82) is 0 Å². The van der Waals surface area contributed by atoms with Crippen LogP contribution in [0.4, 0.5) is 35.2 Å². The quantitative estimate of drug-likeness (QED) is 0.543. The van der Waals surface area contributed by atoms with Gasteiger partial charge in [-0.05, 0) is 12.1 Å². The third-order valence-corrected chi connectivity index (χ3v) is 5.27. The number of piperazine rings is 1. The molecule has 4 rings (SSSR count). The predicted molar refractivity (Wildman–Crippen MR) is 115 cm³/mol. The van der Waals surface area contributed by atoms with Crippen molar-refractivity contribution in [1.82, 2.24) is 14.9 Å². The lowest BCUT2D eigenvalue weighted by atomic mass is 10.2. The molecule has 7 nitrogen and oxygen atoms in total. The molecule has 1 aromatic carbocycles. The van der Waals surface area contributed by atoms with Gasteiger partial charge in [0.2, 0.25) is 0 Å². The summed E-state index contributed by atoms with van der Waals surface area (Å²) in [5.74, 6) is 0.482. The number of urea groups is 1. The minimum absolute atomic E-state index is 0.268. The Hall–Kier alpha value is -2.98. The van der Waals surface area contributed by atoms with Gasteiger partial charge in [0.1, 0.15) is 5.82 Å². The number of nitrogens with one attached hydrogen (secondary N) is 3. The van der Waals surface area contributed by atoms with Gasteiger partial charge in [-0.15, -0.1) is 0 Å². The second-order valence-corrected chi connectivity index (χ2v) is 7.64. The highest BCUT2D eigenvalue weighted by atomic mass is 35.5. The zero-order chi connectivity index (χ0) is 22.0. The van der Waals surface area contributed by atoms with Crippen LogP contribution in [-0.2, 0) is 0 Å². The SMILES string of the molecule is O=C(Nc1cnc(N2CCN(CC(F)(F)F)CC2)c(Cl)c1)Nc1c[nH]c2ccccc12. The number of hydrogen-bond acceptors (Lipinski definition) is 4. The lowest BCUT2D eigenvalue weighted by Gasteiger charge is -2.36. The van der Waals surface area contributed by atoms with E-state index in [-0.39, 0.29) is 13.1 Å². The Morgan fingerprint density at radius 3 is 2.61 bits per heavy atom. The largest absolute Gasteiger partial charge is 0.401 e. The van der Waals surface area contributed by atoms with Crippen molar-refractivity contribution in [2.24, 2.45) is 0 Å². The number of rotatable bonds is 4. The highest BCUT2D eigenvalue weighted by Crippen LogP contribution is 2.28. The zero-order valence-electron chi connectivity index (χ0n) is 16.3. The van der Waals surface area contributed by atoms with Crippen molar-refractivity contribution in [2.75, 3.05) is 48.3 Å². The summed E-state index contributed by atoms with van der Waals surface area (Å²) in [6, 6.07) is 8.70. The normalized spacial score (nSPS) is 15.3. The standard InChI is InChI=1S/C20H20ClF3N6O/c21-15-9-13(27-19(31)28-17-11-25-16-4-2-1-3-14(16)17)10-26-18(15)30-7-5-29(6-8-30)12-20(22,23)24/h1-4,9-11,25H,5-8,12H2,(H2,27,28,31). The number of carbonyl (C=O) groups excluding carboxylic acids is 1. The van der Waals surface area contributed by atoms with Gasteiger partial charge in [0.05, 0.1) is 29.1 Å². The molecule has 0 bridgehead atoms. The Kier molecular flexibility index (Phi) is 5.92. The van der Waals surface area contributed by atoms with E-state index in [1.807, 2.05) is 29.2 Å². The van der Waals surface area contributed by atoms with Crippen LogP contribution in [0.25, 0.3) is 10.9 Å². The summed E-state index contributed by atoms with van der Waals surface area (Å²) >= 11 is 6.34. The summed E-state index contributed by atoms with van der Waals surface area (Å²) in [6.07, 6.45) is -1.03. The number of H-pyrrole nitrogens is 1. The summed E-state index contributed by atoms with van der Waals surface area (Å²) in [5, 5.41) is 6.66. The summed E-state index contributed by atoms with van der Waals surface area (Å²) in [6.45, 7) is 0.388. The average Bonchev–Trinajstić information content (AvgIpc) is 3.11. The molecular weight excluding hydrogens is 433 g/mol. The smallest absolute Gasteiger partial charge is 0.359 e. The Morgan fingerprint density at radius 2 is 1.90 bits per heavy atom. The van der Waals surface area contributed by atoms with Crippen LogP contribution < -0.4 is 15.5 Å². The number of pyridine rings is 1. The number of alkyl halides is 3. The molecular formula is C20H20ClF3N6O. The first kappa shape index (κ1) is 21.3. The van der Waals surface area contributed by atoms with Crippen molar-refractivity contribution < 1.29 is 18.0 Å². The van der Waals surface area contributed by atoms with Crippen molar-refractivity contribution in [3.8, 4) is 0 Å². The molecule has 0 aliphatic carbocycles. The highest BCUT2D eigenvalue weighted by molar-refractivity contribution is 6.33. The Morgan fingerprint density at radius 1 is 1.16 bits per heavy atom. The van der Waals surface area contributed by atoms with E-state index in [1.165, 1.54) is 11.1 Å². The maximum Gasteiger partial charge on any atom is 0.401 e. The third kappa shape index (κ3) is 5.20. The molecule has 164 valence electrons. The van der Waals surface area contributed by atoms with E-state index >= 15 is 0 Å². The van der Waals surface area contributed by atoms with Gasteiger partial charge in [0, 0.05) is 43.3 Å². The van der Waals surface area contributed by atoms with Gasteiger partial charge < -0.3 is 20.5 Å². The van der Waals surface area contributed by atoms with E-state index in [9.17, 15) is 18.0 Å². The van der Waals surface area contributed by atoms with Crippen molar-refractivity contribution >= 4 is 45.7 Å². The molecule has 1 saturated heterocycles. The maximum absolute atomic E-state index is 12.5. The monoisotopic (exact) mass is 452 g/mol. The van der Waals surface area contributed by atoms with Gasteiger partial charge in [-0.2, -0.15) is 13.2 Å². The van der Waals surface area contributed by atoms with E-state index in [1.54, 1.807) is 12.3 Å². The fourth-order valence-electron chi connectivity index (χ4n) is 3.56. The number of halogens is 4. The molecule has 31 heavy (non-hydrogen) atoms. The lowest BCUT2D eigenvalue weighted by Crippen LogP contribution is -2.49. The second kappa shape index (κ2) is 8.64. The van der Waals surface area contributed by atoms with E-state index in [4.69, 9.17) is 11.6 Å². The summed E-state index contributed by atoms with van der Waals surface area (Å²) in [4.78, 5) is 22.9. The number of para-hydroxylation sites is 1. The molecule has 1 fully saturated rings. The van der Waals surface area contributed by atoms with Crippen LogP contribution >= 0.6 is 11.6 Å². The Bertz CT molecular complexity index is 1080. The lowest BCUT2D eigenvalue weighted by molar-refractivity contribution is -0.146. The van der Waals surface area contributed by atoms with Gasteiger partial charge >= 0.3 is 12.2 Å². The maximum atomic E-state index is 12.5. The minimum Gasteiger partial charge on any atom is -0.359 e. The molecule has 3 N–H and O–H groups in total. The molecule has 3 heterocycles. The number of benzene rings is 1. The van der Waals surface area contributed by atoms with Crippen LogP contribution in [0.5, 0.6) is 0 Å². The van der Waals surface area contributed by atoms with Crippen LogP contribution in [0.15, 0.2) is 42.7 Å². The number of carbonyl (C=O) groups is 1. The molecule has 0 spiro atoms. The number of hydrogen-bond donors (Lipinski definition) is 3. The first-order valence-corrected chi connectivity index (χ1v) is 10.00. The highest BCUT2D eigenvalue weighted by Gasteiger charge is 2.32. The number of fused-ring (bicyclic) bond motifs is 1. The van der Waals surface area contributed by atoms with Crippen LogP contribution in [-0.4, -0.2) is 59.8 Å². The number of anilines is 3. The summed E-state index contributed by atoms with van der Waals surface area (Å²) in [5.41, 5.74) is 1.95. The summed E-state index contributed by atoms with van der Waals surface area (Å²) in [7, 11) is 0. The van der Waals surface area contributed by atoms with E-state index < -0.39 is 18.8 Å². The topological polar surface area (TPSA) is 76.3 Å². The van der Waals surface area contributed by atoms with Gasteiger partial charge in [-0.1, -0.05) is 29.8 Å². The molecule has 0 atom stereocenters. The molecule has 1 aliphatic rings. The fraction of sp³-hybridized carbons (Fsp3) is 0.300. The van der Waals surface area contributed by atoms with Crippen LogP contribution in [0.1, 0.15) is 0 Å². The van der Waals surface area contributed by atoms with Crippen molar-refractivity contribution in [3.05, 3.63) is 47.7 Å². The first-order valence-electron chi connectivity index (χ1n) is 9.62. The molecule has 0 unspecified atom stereocenters. The van der Waals surface area contributed by atoms with Crippen molar-refractivity contribution in [3.63, 3.8) is 0 Å². The minimum atomic E-state index is -4.21. The van der Waals surface area contributed by atoms with E-state index in [0.717, 1.165) is 10.9 Å². The number of aromatic amines is 1. The third-order valence-electron chi connectivity index (χ3n) is 4.99. The van der Waals surface area contributed by atoms with Crippen LogP contribution in [0.3, 0.4) is 0 Å². The molecule has 11 heteroatoms. The van der Waals surface area contributed by atoms with Gasteiger partial charge in [0.25, 0.3) is 0 Å². The summed E-state index contributed by atoms with van der Waals surface area (Å²) < 4.78 is 37.6. The second-order valence-electron chi connectivity index (χ2n) is 7.23. The van der Waals surface area contributed by atoms with Gasteiger partial charge in [0.15, 0.2) is 0 Å². The molecule has 0 saturated carbocycles. The Balaban J connectivity index is 1.36. The Labute approximate surface area is 181 Å². The fourth-order valence-corrected chi connectivity index (χ4v) is 3.85. The van der Waals surface area contributed by atoms with E-state index in [0.29, 0.717) is 35.3 Å². The molecule has 1 aliphatic heterocycles. The molecule has 2 aromatic heterocycles. The first-order chi connectivity index (χ1) is 14.8. The molecule has 3 aromatic rings. The van der Waals surface area contributed by atoms with Gasteiger partial charge in [-0.25, -0.2) is 9.78 Å². The van der Waals surface area contributed by atoms with E-state index in [2.05, 4.69) is 20.6 Å². The van der Waals surface area contributed by atoms with Gasteiger partial charge in [-0.3, -0.25) is 4.90 Å². The predicted octanol–water partition coefficient (Wildman–Crippen LogP) is 4.54. The molecule has 2 amide bonds. The number of nitrogens with zero attached hydrogens (tertiary/aromatic N) is 3. The number of amides is 2. The van der Waals surface area contributed by atoms with Crippen molar-refractivity contribution in [2.45, 2.75) is 6.18 Å².